The van der Waals surface area contributed by atoms with Crippen LogP contribution in [0.1, 0.15) is 33.1 Å². The van der Waals surface area contributed by atoms with E-state index < -0.39 is 0 Å². The summed E-state index contributed by atoms with van der Waals surface area (Å²) < 4.78 is 0. The van der Waals surface area contributed by atoms with Crippen LogP contribution in [0.25, 0.3) is 0 Å². The maximum Gasteiger partial charge on any atom is 0.0599 e. The van der Waals surface area contributed by atoms with Gasteiger partial charge in [-0.3, -0.25) is 4.90 Å². The van der Waals surface area contributed by atoms with Gasteiger partial charge < -0.3 is 5.32 Å². The van der Waals surface area contributed by atoms with E-state index in [-0.39, 0.29) is 0 Å². The van der Waals surface area contributed by atoms with Gasteiger partial charge in [0.15, 0.2) is 0 Å². The van der Waals surface area contributed by atoms with Crippen LogP contribution in [0, 0.1) is 18.3 Å². The zero-order valence-electron chi connectivity index (χ0n) is 10.1. The molecule has 15 heavy (non-hydrogen) atoms. The Hall–Kier alpha value is -0.520. The van der Waals surface area contributed by atoms with Crippen molar-refractivity contribution >= 4 is 0 Å². The molecule has 1 aliphatic rings. The van der Waals surface area contributed by atoms with Gasteiger partial charge in [0.2, 0.25) is 0 Å². The Labute approximate surface area is 94.4 Å². The van der Waals surface area contributed by atoms with Crippen molar-refractivity contribution in [3.8, 4) is 12.3 Å². The maximum absolute atomic E-state index is 5.35. The van der Waals surface area contributed by atoms with E-state index >= 15 is 0 Å². The summed E-state index contributed by atoms with van der Waals surface area (Å²) in [5.41, 5.74) is 0. The van der Waals surface area contributed by atoms with Gasteiger partial charge in [0.05, 0.1) is 6.54 Å². The lowest BCUT2D eigenvalue weighted by Crippen LogP contribution is -2.46. The van der Waals surface area contributed by atoms with Gasteiger partial charge in [0.1, 0.15) is 0 Å². The van der Waals surface area contributed by atoms with Gasteiger partial charge in [-0.1, -0.05) is 26.2 Å². The molecule has 0 amide bonds. The van der Waals surface area contributed by atoms with Gasteiger partial charge in [-0.05, 0) is 31.8 Å². The van der Waals surface area contributed by atoms with Crippen LogP contribution >= 0.6 is 0 Å². The van der Waals surface area contributed by atoms with E-state index in [2.05, 4.69) is 30.0 Å². The SMILES string of the molecule is C#CCN(CC)CC1CC(CC)CCN1. The third-order valence-corrected chi connectivity index (χ3v) is 3.42. The van der Waals surface area contributed by atoms with Crippen LogP contribution in [-0.4, -0.2) is 37.1 Å². The fourth-order valence-corrected chi connectivity index (χ4v) is 2.35. The Balaban J connectivity index is 2.33. The van der Waals surface area contributed by atoms with Crippen LogP contribution in [0.4, 0.5) is 0 Å². The maximum atomic E-state index is 5.35. The topological polar surface area (TPSA) is 15.3 Å². The minimum absolute atomic E-state index is 0.650. The summed E-state index contributed by atoms with van der Waals surface area (Å²) in [5.74, 6) is 3.65. The van der Waals surface area contributed by atoms with Crippen molar-refractivity contribution in [1.29, 1.82) is 0 Å². The highest BCUT2D eigenvalue weighted by atomic mass is 15.1. The lowest BCUT2D eigenvalue weighted by molar-refractivity contribution is 0.220. The molecule has 2 nitrogen and oxygen atoms in total. The first-order valence-corrected chi connectivity index (χ1v) is 6.19. The van der Waals surface area contributed by atoms with E-state index in [0.29, 0.717) is 6.04 Å². The Kier molecular flexibility index (Phi) is 5.75. The van der Waals surface area contributed by atoms with E-state index in [1.807, 2.05) is 0 Å². The molecule has 2 heteroatoms. The van der Waals surface area contributed by atoms with Crippen molar-refractivity contribution in [2.24, 2.45) is 5.92 Å². The van der Waals surface area contributed by atoms with Crippen molar-refractivity contribution in [2.75, 3.05) is 26.2 Å². The molecule has 0 radical (unpaired) electrons. The first kappa shape index (κ1) is 12.5. The number of rotatable bonds is 5. The second-order valence-corrected chi connectivity index (χ2v) is 4.48. The third kappa shape index (κ3) is 4.24. The molecule has 2 unspecified atom stereocenters. The van der Waals surface area contributed by atoms with Crippen LogP contribution < -0.4 is 5.32 Å². The van der Waals surface area contributed by atoms with E-state index in [4.69, 9.17) is 6.42 Å². The van der Waals surface area contributed by atoms with Crippen LogP contribution in [0.2, 0.25) is 0 Å². The highest BCUT2D eigenvalue weighted by molar-refractivity contribution is 4.90. The third-order valence-electron chi connectivity index (χ3n) is 3.42. The molecule has 86 valence electrons. The normalized spacial score (nSPS) is 26.5. The minimum atomic E-state index is 0.650. The van der Waals surface area contributed by atoms with Crippen LogP contribution in [-0.2, 0) is 0 Å². The quantitative estimate of drug-likeness (QED) is 0.692. The summed E-state index contributed by atoms with van der Waals surface area (Å²) in [6.45, 7) is 8.60. The molecule has 1 N–H and O–H groups in total. The second-order valence-electron chi connectivity index (χ2n) is 4.48. The molecule has 0 bridgehead atoms. The zero-order chi connectivity index (χ0) is 11.1. The second kappa shape index (κ2) is 6.87. The van der Waals surface area contributed by atoms with Crippen molar-refractivity contribution in [2.45, 2.75) is 39.2 Å². The minimum Gasteiger partial charge on any atom is -0.313 e. The van der Waals surface area contributed by atoms with Crippen LogP contribution in [0.3, 0.4) is 0 Å². The highest BCUT2D eigenvalue weighted by Crippen LogP contribution is 2.19. The lowest BCUT2D eigenvalue weighted by Gasteiger charge is -2.33. The predicted octanol–water partition coefficient (Wildman–Crippen LogP) is 1.72. The van der Waals surface area contributed by atoms with Crippen LogP contribution in [0.15, 0.2) is 0 Å². The summed E-state index contributed by atoms with van der Waals surface area (Å²) in [6.07, 6.45) is 9.33. The number of likely N-dealkylation sites (N-methyl/N-ethyl adjacent to an activating group) is 1. The number of nitrogens with zero attached hydrogens (tertiary/aromatic N) is 1. The van der Waals surface area contributed by atoms with E-state index in [9.17, 15) is 0 Å². The largest absolute Gasteiger partial charge is 0.313 e. The molecule has 1 fully saturated rings. The van der Waals surface area contributed by atoms with Gasteiger partial charge in [-0.25, -0.2) is 0 Å². The molecule has 1 saturated heterocycles. The fraction of sp³-hybridized carbons (Fsp3) is 0.846. The number of hydrogen-bond donors (Lipinski definition) is 1. The Morgan fingerprint density at radius 1 is 1.47 bits per heavy atom. The molecule has 0 spiro atoms. The number of nitrogens with one attached hydrogen (secondary N) is 1. The summed E-state index contributed by atoms with van der Waals surface area (Å²) in [4.78, 5) is 2.34. The first-order chi connectivity index (χ1) is 7.30. The summed E-state index contributed by atoms with van der Waals surface area (Å²) in [6, 6.07) is 0.650. The van der Waals surface area contributed by atoms with Crippen molar-refractivity contribution < 1.29 is 0 Å². The standard InChI is InChI=1S/C13H24N2/c1-4-9-15(6-3)11-13-10-12(5-2)7-8-14-13/h1,12-14H,5-11H2,2-3H3. The van der Waals surface area contributed by atoms with Crippen molar-refractivity contribution in [1.82, 2.24) is 10.2 Å². The monoisotopic (exact) mass is 208 g/mol. The van der Waals surface area contributed by atoms with Gasteiger partial charge >= 0.3 is 0 Å². The Morgan fingerprint density at radius 2 is 2.27 bits per heavy atom. The van der Waals surface area contributed by atoms with Gasteiger partial charge in [-0.15, -0.1) is 6.42 Å². The number of terminal acetylenes is 1. The van der Waals surface area contributed by atoms with E-state index in [1.165, 1.54) is 25.8 Å². The average Bonchev–Trinajstić information content (AvgIpc) is 2.29. The Bertz CT molecular complexity index is 207. The van der Waals surface area contributed by atoms with E-state index in [0.717, 1.165) is 25.6 Å². The zero-order valence-corrected chi connectivity index (χ0v) is 10.1. The summed E-state index contributed by atoms with van der Waals surface area (Å²) >= 11 is 0. The molecular formula is C13H24N2. The molecule has 1 aliphatic heterocycles. The smallest absolute Gasteiger partial charge is 0.0599 e. The van der Waals surface area contributed by atoms with Crippen molar-refractivity contribution in [3.63, 3.8) is 0 Å². The highest BCUT2D eigenvalue weighted by Gasteiger charge is 2.21. The average molecular weight is 208 g/mol. The molecule has 2 atom stereocenters. The molecule has 0 aliphatic carbocycles. The Morgan fingerprint density at radius 3 is 2.87 bits per heavy atom. The molecule has 0 aromatic carbocycles. The molecular weight excluding hydrogens is 184 g/mol. The molecule has 0 saturated carbocycles. The molecule has 1 heterocycles. The first-order valence-electron chi connectivity index (χ1n) is 6.19. The number of piperidine rings is 1. The fourth-order valence-electron chi connectivity index (χ4n) is 2.35. The van der Waals surface area contributed by atoms with Gasteiger partial charge in [0.25, 0.3) is 0 Å². The van der Waals surface area contributed by atoms with E-state index in [1.54, 1.807) is 0 Å². The molecule has 0 aromatic rings. The van der Waals surface area contributed by atoms with Gasteiger partial charge in [0, 0.05) is 12.6 Å². The lowest BCUT2D eigenvalue weighted by atomic mass is 9.90. The molecule has 0 aromatic heterocycles. The summed E-state index contributed by atoms with van der Waals surface area (Å²) in [5, 5.41) is 3.60. The molecule has 1 rings (SSSR count). The predicted molar refractivity (Wildman–Crippen MR) is 65.8 cm³/mol. The van der Waals surface area contributed by atoms with Gasteiger partial charge in [-0.2, -0.15) is 0 Å². The van der Waals surface area contributed by atoms with Crippen molar-refractivity contribution in [3.05, 3.63) is 0 Å². The van der Waals surface area contributed by atoms with Crippen LogP contribution in [0.5, 0.6) is 0 Å². The number of hydrogen-bond acceptors (Lipinski definition) is 2. The summed E-state index contributed by atoms with van der Waals surface area (Å²) in [7, 11) is 0.